The summed E-state index contributed by atoms with van der Waals surface area (Å²) in [6, 6.07) is 0. The summed E-state index contributed by atoms with van der Waals surface area (Å²) in [7, 11) is 1.76. The topological polar surface area (TPSA) is 61.7 Å². The van der Waals surface area contributed by atoms with Crippen molar-refractivity contribution in [3.05, 3.63) is 18.1 Å². The highest BCUT2D eigenvalue weighted by Crippen LogP contribution is 2.03. The van der Waals surface area contributed by atoms with Crippen molar-refractivity contribution in [2.24, 2.45) is 0 Å². The molecule has 0 atom stereocenters. The lowest BCUT2D eigenvalue weighted by Crippen LogP contribution is -1.97. The van der Waals surface area contributed by atoms with Crippen LogP contribution in [0.5, 0.6) is 0 Å². The molecular weight excluding hydrogens is 128 g/mol. The van der Waals surface area contributed by atoms with Crippen molar-refractivity contribution >= 4 is 12.0 Å². The summed E-state index contributed by atoms with van der Waals surface area (Å²) in [5, 5.41) is 9.79. The van der Waals surface area contributed by atoms with Crippen LogP contribution in [0, 0.1) is 5.41 Å². The molecule has 0 unspecified atom stereocenters. The van der Waals surface area contributed by atoms with Crippen LogP contribution in [0.3, 0.4) is 0 Å². The summed E-state index contributed by atoms with van der Waals surface area (Å²) in [6.45, 7) is 0. The van der Waals surface area contributed by atoms with Gasteiger partial charge in [0.2, 0.25) is 0 Å². The van der Waals surface area contributed by atoms with E-state index in [1.807, 2.05) is 0 Å². The van der Waals surface area contributed by atoms with E-state index in [0.717, 1.165) is 0 Å². The van der Waals surface area contributed by atoms with Crippen molar-refractivity contribution < 1.29 is 0 Å². The van der Waals surface area contributed by atoms with E-state index in [4.69, 9.17) is 5.41 Å². The van der Waals surface area contributed by atoms with Crippen LogP contribution >= 0.6 is 0 Å². The van der Waals surface area contributed by atoms with Crippen LogP contribution in [0.2, 0.25) is 0 Å². The Morgan fingerprint density at radius 3 is 3.00 bits per heavy atom. The summed E-state index contributed by atoms with van der Waals surface area (Å²) in [5.41, 5.74) is 0.699. The smallest absolute Gasteiger partial charge is 0.137 e. The SMILES string of the molecule is CNc1ncncc1C=N. The molecule has 0 spiro atoms. The summed E-state index contributed by atoms with van der Waals surface area (Å²) in [5.74, 6) is 0.685. The number of hydrogen-bond donors (Lipinski definition) is 2. The lowest BCUT2D eigenvalue weighted by atomic mass is 10.3. The molecule has 0 aliphatic heterocycles. The van der Waals surface area contributed by atoms with Crippen LogP contribution in [-0.2, 0) is 0 Å². The van der Waals surface area contributed by atoms with Crippen molar-refractivity contribution in [3.63, 3.8) is 0 Å². The third-order valence-electron chi connectivity index (χ3n) is 1.13. The Balaban J connectivity index is 3.08. The monoisotopic (exact) mass is 136 g/mol. The van der Waals surface area contributed by atoms with Crippen LogP contribution in [0.1, 0.15) is 5.56 Å². The van der Waals surface area contributed by atoms with Gasteiger partial charge < -0.3 is 10.7 Å². The summed E-state index contributed by atoms with van der Waals surface area (Å²) in [4.78, 5) is 7.66. The van der Waals surface area contributed by atoms with E-state index in [9.17, 15) is 0 Å². The minimum Gasteiger partial charge on any atom is -0.373 e. The Labute approximate surface area is 58.8 Å². The van der Waals surface area contributed by atoms with Gasteiger partial charge >= 0.3 is 0 Å². The van der Waals surface area contributed by atoms with Crippen LogP contribution in [0.15, 0.2) is 12.5 Å². The molecule has 0 saturated heterocycles. The Morgan fingerprint density at radius 2 is 2.50 bits per heavy atom. The van der Waals surface area contributed by atoms with Gasteiger partial charge in [0.15, 0.2) is 0 Å². The first-order valence-corrected chi connectivity index (χ1v) is 2.86. The number of hydrogen-bond acceptors (Lipinski definition) is 4. The van der Waals surface area contributed by atoms with Gasteiger partial charge in [-0.2, -0.15) is 0 Å². The van der Waals surface area contributed by atoms with E-state index in [0.29, 0.717) is 11.4 Å². The van der Waals surface area contributed by atoms with Gasteiger partial charge in [0, 0.05) is 19.5 Å². The Morgan fingerprint density at radius 1 is 1.70 bits per heavy atom. The van der Waals surface area contributed by atoms with Crippen LogP contribution < -0.4 is 5.32 Å². The second kappa shape index (κ2) is 2.91. The predicted molar refractivity (Wildman–Crippen MR) is 39.5 cm³/mol. The molecule has 0 amide bonds. The zero-order chi connectivity index (χ0) is 7.40. The van der Waals surface area contributed by atoms with Gasteiger partial charge in [0.05, 0.1) is 5.56 Å². The van der Waals surface area contributed by atoms with Crippen LogP contribution in [0.4, 0.5) is 5.82 Å². The normalized spacial score (nSPS) is 8.90. The van der Waals surface area contributed by atoms with Crippen molar-refractivity contribution in [2.75, 3.05) is 12.4 Å². The largest absolute Gasteiger partial charge is 0.373 e. The Kier molecular flexibility index (Phi) is 1.94. The van der Waals surface area contributed by atoms with Gasteiger partial charge in [0.1, 0.15) is 12.1 Å². The first kappa shape index (κ1) is 6.67. The highest BCUT2D eigenvalue weighted by molar-refractivity contribution is 5.83. The lowest BCUT2D eigenvalue weighted by Gasteiger charge is -1.99. The third kappa shape index (κ3) is 1.10. The molecule has 10 heavy (non-hydrogen) atoms. The molecule has 1 heterocycles. The van der Waals surface area contributed by atoms with E-state index in [-0.39, 0.29) is 0 Å². The number of nitrogens with one attached hydrogen (secondary N) is 2. The zero-order valence-electron chi connectivity index (χ0n) is 5.63. The van der Waals surface area contributed by atoms with Crippen molar-refractivity contribution in [1.29, 1.82) is 5.41 Å². The molecule has 0 aliphatic carbocycles. The maximum atomic E-state index is 6.94. The molecule has 52 valence electrons. The van der Waals surface area contributed by atoms with Crippen LogP contribution in [0.25, 0.3) is 0 Å². The molecule has 0 saturated carbocycles. The summed E-state index contributed by atoms with van der Waals surface area (Å²) < 4.78 is 0. The van der Waals surface area contributed by atoms with Gasteiger partial charge in [-0.25, -0.2) is 9.97 Å². The van der Waals surface area contributed by atoms with Gasteiger partial charge in [-0.15, -0.1) is 0 Å². The molecule has 0 aliphatic rings. The lowest BCUT2D eigenvalue weighted by molar-refractivity contribution is 1.15. The average Bonchev–Trinajstić information content (AvgIpc) is 2.04. The standard InChI is InChI=1S/C6H8N4/c1-8-6-5(2-7)3-9-4-10-6/h2-4,7H,1H3,(H,8,9,10). The molecule has 1 aromatic heterocycles. The van der Waals surface area contributed by atoms with Crippen LogP contribution in [-0.4, -0.2) is 23.2 Å². The molecule has 1 rings (SSSR count). The minimum atomic E-state index is 0.685. The third-order valence-corrected chi connectivity index (χ3v) is 1.13. The first-order valence-electron chi connectivity index (χ1n) is 2.86. The highest BCUT2D eigenvalue weighted by atomic mass is 15.0. The Hall–Kier alpha value is -1.45. The fourth-order valence-corrected chi connectivity index (χ4v) is 0.655. The fraction of sp³-hybridized carbons (Fsp3) is 0.167. The van der Waals surface area contributed by atoms with E-state index >= 15 is 0 Å². The fourth-order valence-electron chi connectivity index (χ4n) is 0.655. The maximum absolute atomic E-state index is 6.94. The molecule has 1 aromatic rings. The molecule has 2 N–H and O–H groups in total. The molecule has 0 radical (unpaired) electrons. The molecule has 0 fully saturated rings. The first-order chi connectivity index (χ1) is 4.88. The molecule has 0 bridgehead atoms. The molecular formula is C6H8N4. The zero-order valence-corrected chi connectivity index (χ0v) is 5.63. The summed E-state index contributed by atoms with van der Waals surface area (Å²) in [6.07, 6.45) is 4.25. The van der Waals surface area contributed by atoms with E-state index in [2.05, 4.69) is 15.3 Å². The van der Waals surface area contributed by atoms with Crippen molar-refractivity contribution in [2.45, 2.75) is 0 Å². The predicted octanol–water partition coefficient (Wildman–Crippen LogP) is 0.516. The number of anilines is 1. The van der Waals surface area contributed by atoms with E-state index in [1.54, 1.807) is 13.2 Å². The molecule has 0 aromatic carbocycles. The van der Waals surface area contributed by atoms with Gasteiger partial charge in [-0.3, -0.25) is 0 Å². The highest BCUT2D eigenvalue weighted by Gasteiger charge is 1.95. The van der Waals surface area contributed by atoms with E-state index < -0.39 is 0 Å². The second-order valence-electron chi connectivity index (χ2n) is 1.72. The average molecular weight is 136 g/mol. The minimum absolute atomic E-state index is 0.685. The summed E-state index contributed by atoms with van der Waals surface area (Å²) >= 11 is 0. The van der Waals surface area contributed by atoms with Crippen molar-refractivity contribution in [1.82, 2.24) is 9.97 Å². The van der Waals surface area contributed by atoms with Crippen molar-refractivity contribution in [3.8, 4) is 0 Å². The maximum Gasteiger partial charge on any atom is 0.137 e. The number of nitrogens with zero attached hydrogens (tertiary/aromatic N) is 2. The molecule has 4 nitrogen and oxygen atoms in total. The second-order valence-corrected chi connectivity index (χ2v) is 1.72. The quantitative estimate of drug-likeness (QED) is 0.582. The van der Waals surface area contributed by atoms with Gasteiger partial charge in [-0.05, 0) is 0 Å². The van der Waals surface area contributed by atoms with Gasteiger partial charge in [0.25, 0.3) is 0 Å². The van der Waals surface area contributed by atoms with Gasteiger partial charge in [-0.1, -0.05) is 0 Å². The number of aromatic nitrogens is 2. The molecule has 4 heteroatoms. The Bertz CT molecular complexity index is 233. The van der Waals surface area contributed by atoms with E-state index in [1.165, 1.54) is 12.5 Å². The number of rotatable bonds is 2.